The van der Waals surface area contributed by atoms with Gasteiger partial charge in [-0.3, -0.25) is 0 Å². The molecule has 1 unspecified atom stereocenters. The number of hydrogen-bond acceptors (Lipinski definition) is 2. The second-order valence-electron chi connectivity index (χ2n) is 4.79. The zero-order valence-corrected chi connectivity index (χ0v) is 11.1. The molecule has 0 spiro atoms. The van der Waals surface area contributed by atoms with Crippen molar-refractivity contribution in [2.45, 2.75) is 13.0 Å². The fourth-order valence-corrected chi connectivity index (χ4v) is 1.88. The van der Waals surface area contributed by atoms with E-state index < -0.39 is 6.10 Å². The van der Waals surface area contributed by atoms with Gasteiger partial charge in [-0.05, 0) is 41.5 Å². The molecule has 2 rings (SSSR count). The predicted octanol–water partition coefficient (Wildman–Crippen LogP) is 3.30. The van der Waals surface area contributed by atoms with Crippen LogP contribution in [0, 0.1) is 0 Å². The van der Waals surface area contributed by atoms with Crippen molar-refractivity contribution < 1.29 is 5.11 Å². The molecular formula is C16H19NO. The van der Waals surface area contributed by atoms with Crippen LogP contribution in [0.4, 0.5) is 5.69 Å². The Bertz CT molecular complexity index is 570. The van der Waals surface area contributed by atoms with E-state index in [9.17, 15) is 5.11 Å². The standard InChI is InChI=1S/C16H19NO/c1-12(18)4-5-13-6-7-15-11-16(17(2)3)9-8-14(15)10-13/h4-12,18H,1-3H3. The predicted molar refractivity (Wildman–Crippen MR) is 79.0 cm³/mol. The summed E-state index contributed by atoms with van der Waals surface area (Å²) in [6, 6.07) is 12.7. The SMILES string of the molecule is CC(O)C=Cc1ccc2cc(N(C)C)ccc2c1. The van der Waals surface area contributed by atoms with Crippen LogP contribution in [0.15, 0.2) is 42.5 Å². The van der Waals surface area contributed by atoms with Gasteiger partial charge < -0.3 is 10.0 Å². The Labute approximate surface area is 108 Å². The third kappa shape index (κ3) is 2.90. The molecule has 0 aliphatic rings. The van der Waals surface area contributed by atoms with Gasteiger partial charge in [0.15, 0.2) is 0 Å². The van der Waals surface area contributed by atoms with Crippen LogP contribution in [0.25, 0.3) is 16.8 Å². The highest BCUT2D eigenvalue weighted by atomic mass is 16.3. The van der Waals surface area contributed by atoms with Gasteiger partial charge in [0.05, 0.1) is 6.10 Å². The van der Waals surface area contributed by atoms with Crippen molar-refractivity contribution in [3.05, 3.63) is 48.0 Å². The van der Waals surface area contributed by atoms with E-state index in [1.807, 2.05) is 20.2 Å². The molecule has 94 valence electrons. The second-order valence-corrected chi connectivity index (χ2v) is 4.79. The lowest BCUT2D eigenvalue weighted by Gasteiger charge is -2.13. The molecule has 2 heteroatoms. The average Bonchev–Trinajstić information content (AvgIpc) is 2.35. The number of aliphatic hydroxyl groups excluding tert-OH is 1. The zero-order valence-electron chi connectivity index (χ0n) is 11.1. The van der Waals surface area contributed by atoms with Crippen molar-refractivity contribution in [2.75, 3.05) is 19.0 Å². The summed E-state index contributed by atoms with van der Waals surface area (Å²) < 4.78 is 0. The van der Waals surface area contributed by atoms with Crippen LogP contribution in [-0.2, 0) is 0 Å². The highest BCUT2D eigenvalue weighted by molar-refractivity contribution is 5.87. The molecule has 0 bridgehead atoms. The lowest BCUT2D eigenvalue weighted by Crippen LogP contribution is -2.07. The van der Waals surface area contributed by atoms with E-state index in [2.05, 4.69) is 41.3 Å². The van der Waals surface area contributed by atoms with E-state index in [-0.39, 0.29) is 0 Å². The number of nitrogens with zero attached hydrogens (tertiary/aromatic N) is 1. The Hall–Kier alpha value is -1.80. The zero-order chi connectivity index (χ0) is 13.1. The summed E-state index contributed by atoms with van der Waals surface area (Å²) in [5.41, 5.74) is 2.32. The molecule has 0 fully saturated rings. The van der Waals surface area contributed by atoms with Crippen molar-refractivity contribution >= 4 is 22.5 Å². The van der Waals surface area contributed by atoms with E-state index >= 15 is 0 Å². The summed E-state index contributed by atoms with van der Waals surface area (Å²) in [6.07, 6.45) is 3.33. The highest BCUT2D eigenvalue weighted by Gasteiger charge is 1.99. The van der Waals surface area contributed by atoms with Gasteiger partial charge in [-0.25, -0.2) is 0 Å². The molecule has 2 aromatic rings. The molecule has 0 aliphatic carbocycles. The highest BCUT2D eigenvalue weighted by Crippen LogP contribution is 2.22. The van der Waals surface area contributed by atoms with Crippen molar-refractivity contribution in [3.63, 3.8) is 0 Å². The van der Waals surface area contributed by atoms with Crippen LogP contribution in [0.2, 0.25) is 0 Å². The fraction of sp³-hybridized carbons (Fsp3) is 0.250. The van der Waals surface area contributed by atoms with Crippen LogP contribution in [0.1, 0.15) is 12.5 Å². The molecule has 2 nitrogen and oxygen atoms in total. The van der Waals surface area contributed by atoms with Crippen LogP contribution in [0.3, 0.4) is 0 Å². The Kier molecular flexibility index (Phi) is 3.68. The molecule has 0 aromatic heterocycles. The van der Waals surface area contributed by atoms with Crippen molar-refractivity contribution in [1.29, 1.82) is 0 Å². The molecule has 0 saturated heterocycles. The lowest BCUT2D eigenvalue weighted by atomic mass is 10.1. The summed E-state index contributed by atoms with van der Waals surface area (Å²) >= 11 is 0. The van der Waals surface area contributed by atoms with E-state index in [4.69, 9.17) is 0 Å². The topological polar surface area (TPSA) is 23.5 Å². The van der Waals surface area contributed by atoms with Gasteiger partial charge in [-0.2, -0.15) is 0 Å². The van der Waals surface area contributed by atoms with Crippen LogP contribution >= 0.6 is 0 Å². The van der Waals surface area contributed by atoms with Gasteiger partial charge in [-0.15, -0.1) is 0 Å². The smallest absolute Gasteiger partial charge is 0.0696 e. The molecule has 1 atom stereocenters. The van der Waals surface area contributed by atoms with Gasteiger partial charge >= 0.3 is 0 Å². The minimum atomic E-state index is -0.406. The first-order chi connectivity index (χ1) is 8.56. The van der Waals surface area contributed by atoms with Gasteiger partial charge in [0.25, 0.3) is 0 Å². The van der Waals surface area contributed by atoms with E-state index in [0.717, 1.165) is 5.56 Å². The maximum atomic E-state index is 9.23. The summed E-state index contributed by atoms with van der Waals surface area (Å²) in [7, 11) is 4.09. The number of hydrogen-bond donors (Lipinski definition) is 1. The number of rotatable bonds is 3. The van der Waals surface area contributed by atoms with Gasteiger partial charge in [0, 0.05) is 19.8 Å². The van der Waals surface area contributed by atoms with Crippen LogP contribution in [-0.4, -0.2) is 25.3 Å². The summed E-state index contributed by atoms with van der Waals surface area (Å²) in [5.74, 6) is 0. The number of anilines is 1. The van der Waals surface area contributed by atoms with E-state index in [1.54, 1.807) is 13.0 Å². The third-order valence-electron chi connectivity index (χ3n) is 2.93. The van der Waals surface area contributed by atoms with E-state index in [1.165, 1.54) is 16.5 Å². The minimum absolute atomic E-state index is 0.406. The van der Waals surface area contributed by atoms with Crippen molar-refractivity contribution in [1.82, 2.24) is 0 Å². The van der Waals surface area contributed by atoms with Crippen LogP contribution in [0.5, 0.6) is 0 Å². The largest absolute Gasteiger partial charge is 0.389 e. The Morgan fingerprint density at radius 2 is 1.72 bits per heavy atom. The minimum Gasteiger partial charge on any atom is -0.389 e. The quantitative estimate of drug-likeness (QED) is 0.891. The van der Waals surface area contributed by atoms with Crippen molar-refractivity contribution in [2.24, 2.45) is 0 Å². The Morgan fingerprint density at radius 3 is 2.39 bits per heavy atom. The fourth-order valence-electron chi connectivity index (χ4n) is 1.88. The van der Waals surface area contributed by atoms with Crippen LogP contribution < -0.4 is 4.90 Å². The van der Waals surface area contributed by atoms with Gasteiger partial charge in [0.1, 0.15) is 0 Å². The summed E-state index contributed by atoms with van der Waals surface area (Å²) in [4.78, 5) is 2.10. The maximum absolute atomic E-state index is 9.23. The molecule has 18 heavy (non-hydrogen) atoms. The average molecular weight is 241 g/mol. The molecular weight excluding hydrogens is 222 g/mol. The normalized spacial score (nSPS) is 13.1. The number of fused-ring (bicyclic) bond motifs is 1. The molecule has 2 aromatic carbocycles. The molecule has 0 saturated carbocycles. The first kappa shape index (κ1) is 12.7. The lowest BCUT2D eigenvalue weighted by molar-refractivity contribution is 0.245. The number of benzene rings is 2. The monoisotopic (exact) mass is 241 g/mol. The summed E-state index contributed by atoms with van der Waals surface area (Å²) in [6.45, 7) is 1.75. The van der Waals surface area contributed by atoms with E-state index in [0.29, 0.717) is 0 Å². The van der Waals surface area contributed by atoms with Gasteiger partial charge in [0.2, 0.25) is 0 Å². The second kappa shape index (κ2) is 5.23. The molecule has 0 heterocycles. The third-order valence-corrected chi connectivity index (χ3v) is 2.93. The Morgan fingerprint density at radius 1 is 1.06 bits per heavy atom. The summed E-state index contributed by atoms with van der Waals surface area (Å²) in [5, 5.41) is 11.7. The molecule has 0 aliphatic heterocycles. The van der Waals surface area contributed by atoms with Gasteiger partial charge in [-0.1, -0.05) is 30.4 Å². The first-order valence-corrected chi connectivity index (χ1v) is 6.13. The maximum Gasteiger partial charge on any atom is 0.0696 e. The van der Waals surface area contributed by atoms with Crippen molar-refractivity contribution in [3.8, 4) is 0 Å². The molecule has 0 amide bonds. The molecule has 1 N–H and O–H groups in total. The molecule has 0 radical (unpaired) electrons. The first-order valence-electron chi connectivity index (χ1n) is 6.13. The number of aliphatic hydroxyl groups is 1. The Balaban J connectivity index is 2.38.